The molecule has 0 aromatic carbocycles. The van der Waals surface area contributed by atoms with Crippen molar-refractivity contribution in [2.75, 3.05) is 13.2 Å². The molecule has 0 bridgehead atoms. The third kappa shape index (κ3) is 9.51. The molecule has 0 aromatic heterocycles. The zero-order valence-corrected chi connectivity index (χ0v) is 15.1. The number of rotatable bonds is 12. The van der Waals surface area contributed by atoms with Gasteiger partial charge in [0, 0.05) is 0 Å². The molecule has 0 spiro atoms. The summed E-state index contributed by atoms with van der Waals surface area (Å²) in [6.45, 7) is 2.29. The maximum atomic E-state index is 12.4. The van der Waals surface area contributed by atoms with Crippen LogP contribution in [0.25, 0.3) is 0 Å². The molecule has 12 nitrogen and oxygen atoms in total. The summed E-state index contributed by atoms with van der Waals surface area (Å²) < 4.78 is 0. The summed E-state index contributed by atoms with van der Waals surface area (Å²) in [5.41, 5.74) is 5.20. The monoisotopic (exact) mass is 390 g/mol. The number of amides is 3. The van der Waals surface area contributed by atoms with Crippen LogP contribution in [0, 0.1) is 5.92 Å². The molecule has 0 saturated heterocycles. The van der Waals surface area contributed by atoms with Crippen molar-refractivity contribution in [1.82, 2.24) is 16.0 Å². The highest BCUT2D eigenvalue weighted by Gasteiger charge is 2.30. The van der Waals surface area contributed by atoms with E-state index in [2.05, 4.69) is 10.6 Å². The third-order valence-corrected chi connectivity index (χ3v) is 3.35. The van der Waals surface area contributed by atoms with Gasteiger partial charge in [-0.15, -0.1) is 0 Å². The molecule has 3 atom stereocenters. The Morgan fingerprint density at radius 2 is 1.41 bits per heavy atom. The van der Waals surface area contributed by atoms with Crippen LogP contribution < -0.4 is 21.7 Å². The van der Waals surface area contributed by atoms with E-state index in [4.69, 9.17) is 21.1 Å². The number of hydrogen-bond donors (Lipinski definition) is 7. The third-order valence-electron chi connectivity index (χ3n) is 3.35. The van der Waals surface area contributed by atoms with Crippen molar-refractivity contribution in [1.29, 1.82) is 0 Å². The average Bonchev–Trinajstić information content (AvgIpc) is 2.56. The second-order valence-corrected chi connectivity index (χ2v) is 6.19. The summed E-state index contributed by atoms with van der Waals surface area (Å²) in [6, 6.07) is -4.32. The molecule has 3 amide bonds. The van der Waals surface area contributed by atoms with Crippen molar-refractivity contribution in [3.05, 3.63) is 0 Å². The second kappa shape index (κ2) is 11.8. The molecular weight excluding hydrogens is 364 g/mol. The minimum absolute atomic E-state index is 0.0173. The lowest BCUT2D eigenvalue weighted by Crippen LogP contribution is -2.57. The molecule has 27 heavy (non-hydrogen) atoms. The molecule has 0 rings (SSSR count). The van der Waals surface area contributed by atoms with E-state index in [1.54, 1.807) is 13.8 Å². The molecule has 0 fully saturated rings. The Morgan fingerprint density at radius 1 is 0.889 bits per heavy atom. The first kappa shape index (κ1) is 24.3. The predicted molar refractivity (Wildman–Crippen MR) is 91.3 cm³/mol. The van der Waals surface area contributed by atoms with Gasteiger partial charge in [0.1, 0.15) is 18.1 Å². The van der Waals surface area contributed by atoms with Gasteiger partial charge in [-0.3, -0.25) is 19.2 Å². The van der Waals surface area contributed by atoms with E-state index in [1.807, 2.05) is 5.32 Å². The van der Waals surface area contributed by atoms with Gasteiger partial charge in [0.05, 0.1) is 19.6 Å². The maximum absolute atomic E-state index is 12.4. The highest BCUT2D eigenvalue weighted by molar-refractivity contribution is 5.95. The molecule has 0 saturated carbocycles. The Kier molecular flexibility index (Phi) is 10.6. The highest BCUT2D eigenvalue weighted by atomic mass is 16.4. The molecule has 8 N–H and O–H groups in total. The van der Waals surface area contributed by atoms with E-state index in [-0.39, 0.29) is 18.9 Å². The van der Waals surface area contributed by atoms with Gasteiger partial charge in [-0.2, -0.15) is 0 Å². The van der Waals surface area contributed by atoms with Crippen LogP contribution in [0.5, 0.6) is 0 Å². The van der Waals surface area contributed by atoms with E-state index in [1.165, 1.54) is 0 Å². The van der Waals surface area contributed by atoms with E-state index < -0.39 is 60.8 Å². The lowest BCUT2D eigenvalue weighted by Gasteiger charge is -2.24. The smallest absolute Gasteiger partial charge is 0.328 e. The Hall–Kier alpha value is -2.73. The van der Waals surface area contributed by atoms with E-state index in [9.17, 15) is 24.0 Å². The Bertz CT molecular complexity index is 566. The average molecular weight is 390 g/mol. The standard InChI is InChI=1S/C15H26N4O8/c1-7(2)3-8(17-11(21)5-16)13(24)18-9(4-12(22)23)14(25)19-10(6-20)15(26)27/h7-10,20H,3-6,16H2,1-2H3,(H,17,21)(H,18,24)(H,19,25)(H,22,23)(H,26,27). The van der Waals surface area contributed by atoms with Crippen LogP contribution in [-0.4, -0.2) is 76.3 Å². The van der Waals surface area contributed by atoms with Crippen molar-refractivity contribution in [3.8, 4) is 0 Å². The van der Waals surface area contributed by atoms with Crippen LogP contribution in [0.2, 0.25) is 0 Å². The second-order valence-electron chi connectivity index (χ2n) is 6.19. The fourth-order valence-corrected chi connectivity index (χ4v) is 2.07. The summed E-state index contributed by atoms with van der Waals surface area (Å²) in [7, 11) is 0. The zero-order valence-electron chi connectivity index (χ0n) is 15.1. The number of aliphatic hydroxyl groups excluding tert-OH is 1. The van der Waals surface area contributed by atoms with Crippen LogP contribution in [0.1, 0.15) is 26.7 Å². The number of nitrogens with two attached hydrogens (primary N) is 1. The normalized spacial score (nSPS) is 14.0. The van der Waals surface area contributed by atoms with E-state index in [0.717, 1.165) is 0 Å². The summed E-state index contributed by atoms with van der Waals surface area (Å²) in [5.74, 6) is -5.49. The Labute approximate surface area is 155 Å². The maximum Gasteiger partial charge on any atom is 0.328 e. The van der Waals surface area contributed by atoms with Gasteiger partial charge < -0.3 is 37.0 Å². The lowest BCUT2D eigenvalue weighted by molar-refractivity contribution is -0.144. The Balaban J connectivity index is 5.29. The molecule has 3 unspecified atom stereocenters. The molecule has 0 aliphatic carbocycles. The number of carboxylic acids is 2. The molecule has 0 heterocycles. The van der Waals surface area contributed by atoms with Gasteiger partial charge in [-0.25, -0.2) is 4.79 Å². The predicted octanol–water partition coefficient (Wildman–Crippen LogP) is -3.00. The molecular formula is C15H26N4O8. The largest absolute Gasteiger partial charge is 0.481 e. The van der Waals surface area contributed by atoms with Crippen LogP contribution >= 0.6 is 0 Å². The van der Waals surface area contributed by atoms with Crippen molar-refractivity contribution >= 4 is 29.7 Å². The topological polar surface area (TPSA) is 208 Å². The summed E-state index contributed by atoms with van der Waals surface area (Å²) in [4.78, 5) is 57.9. The highest BCUT2D eigenvalue weighted by Crippen LogP contribution is 2.06. The quantitative estimate of drug-likeness (QED) is 0.181. The minimum Gasteiger partial charge on any atom is -0.481 e. The summed E-state index contributed by atoms with van der Waals surface area (Å²) >= 11 is 0. The van der Waals surface area contributed by atoms with E-state index in [0.29, 0.717) is 0 Å². The number of aliphatic carboxylic acids is 2. The van der Waals surface area contributed by atoms with Crippen LogP contribution in [0.3, 0.4) is 0 Å². The fraction of sp³-hybridized carbons (Fsp3) is 0.667. The molecule has 154 valence electrons. The van der Waals surface area contributed by atoms with Gasteiger partial charge >= 0.3 is 11.9 Å². The summed E-state index contributed by atoms with van der Waals surface area (Å²) in [5, 5.41) is 33.2. The number of hydrogen-bond acceptors (Lipinski definition) is 7. The van der Waals surface area contributed by atoms with Gasteiger partial charge in [-0.1, -0.05) is 13.8 Å². The summed E-state index contributed by atoms with van der Waals surface area (Å²) in [6.07, 6.45) is -0.623. The first-order valence-corrected chi connectivity index (χ1v) is 8.17. The van der Waals surface area contributed by atoms with Crippen LogP contribution in [0.4, 0.5) is 0 Å². The van der Waals surface area contributed by atoms with Gasteiger partial charge in [0.2, 0.25) is 17.7 Å². The van der Waals surface area contributed by atoms with Crippen LogP contribution in [0.15, 0.2) is 0 Å². The van der Waals surface area contributed by atoms with Crippen LogP contribution in [-0.2, 0) is 24.0 Å². The fourth-order valence-electron chi connectivity index (χ4n) is 2.07. The van der Waals surface area contributed by atoms with E-state index >= 15 is 0 Å². The van der Waals surface area contributed by atoms with Crippen molar-refractivity contribution in [3.63, 3.8) is 0 Å². The zero-order chi connectivity index (χ0) is 21.1. The van der Waals surface area contributed by atoms with Gasteiger partial charge in [0.25, 0.3) is 0 Å². The first-order valence-electron chi connectivity index (χ1n) is 8.17. The number of carbonyl (C=O) groups excluding carboxylic acids is 3. The minimum atomic E-state index is -1.66. The molecule has 0 aliphatic heterocycles. The van der Waals surface area contributed by atoms with Crippen molar-refractivity contribution in [2.24, 2.45) is 11.7 Å². The van der Waals surface area contributed by atoms with Gasteiger partial charge in [-0.05, 0) is 12.3 Å². The van der Waals surface area contributed by atoms with Crippen molar-refractivity contribution in [2.45, 2.75) is 44.8 Å². The van der Waals surface area contributed by atoms with Gasteiger partial charge in [0.15, 0.2) is 0 Å². The first-order chi connectivity index (χ1) is 12.5. The lowest BCUT2D eigenvalue weighted by atomic mass is 10.0. The number of nitrogens with one attached hydrogen (secondary N) is 3. The molecule has 0 aliphatic rings. The number of aliphatic hydroxyl groups is 1. The number of carboxylic acid groups (broad SMARTS) is 2. The SMILES string of the molecule is CC(C)CC(NC(=O)CN)C(=O)NC(CC(=O)O)C(=O)NC(CO)C(=O)O. The molecule has 0 radical (unpaired) electrons. The van der Waals surface area contributed by atoms with Crippen molar-refractivity contribution < 1.29 is 39.3 Å². The Morgan fingerprint density at radius 3 is 1.81 bits per heavy atom. The molecule has 0 aromatic rings. The molecule has 12 heteroatoms. The number of carbonyl (C=O) groups is 5.